The molecule has 0 fully saturated rings. The monoisotopic (exact) mass is 396 g/mol. The smallest absolute Gasteiger partial charge is 0.336 e. The quantitative estimate of drug-likeness (QED) is 0.420. The summed E-state index contributed by atoms with van der Waals surface area (Å²) in [5.41, 5.74) is 2.58. The van der Waals surface area contributed by atoms with E-state index in [0.717, 1.165) is 27.8 Å². The molecule has 3 aromatic rings. The van der Waals surface area contributed by atoms with Crippen LogP contribution in [0.25, 0.3) is 11.0 Å². The first kappa shape index (κ1) is 20.5. The van der Waals surface area contributed by atoms with Crippen LogP contribution >= 0.6 is 0 Å². The Kier molecular flexibility index (Phi) is 6.54. The Balaban J connectivity index is 1.94. The van der Waals surface area contributed by atoms with Gasteiger partial charge in [-0.2, -0.15) is 0 Å². The van der Waals surface area contributed by atoms with Gasteiger partial charge in [0.25, 0.3) is 0 Å². The van der Waals surface area contributed by atoms with Gasteiger partial charge >= 0.3 is 11.6 Å². The third kappa shape index (κ3) is 4.96. The van der Waals surface area contributed by atoms with Crippen molar-refractivity contribution in [2.75, 3.05) is 13.7 Å². The minimum absolute atomic E-state index is 0.236. The van der Waals surface area contributed by atoms with E-state index < -0.39 is 5.63 Å². The molecule has 0 bridgehead atoms. The number of esters is 1. The molecule has 152 valence electrons. The van der Waals surface area contributed by atoms with Crippen LogP contribution in [0.5, 0.6) is 11.5 Å². The molecule has 6 heteroatoms. The van der Waals surface area contributed by atoms with Crippen LogP contribution in [0.4, 0.5) is 0 Å². The highest BCUT2D eigenvalue weighted by Gasteiger charge is 2.14. The minimum atomic E-state index is -0.412. The van der Waals surface area contributed by atoms with Crippen LogP contribution in [-0.4, -0.2) is 19.7 Å². The maximum atomic E-state index is 11.8. The average Bonchev–Trinajstić information content (AvgIpc) is 2.71. The van der Waals surface area contributed by atoms with E-state index in [9.17, 15) is 9.59 Å². The van der Waals surface area contributed by atoms with Gasteiger partial charge < -0.3 is 18.6 Å². The number of carbonyl (C=O) groups excluding carboxylic acids is 1. The summed E-state index contributed by atoms with van der Waals surface area (Å²) in [7, 11) is 1.61. The summed E-state index contributed by atoms with van der Waals surface area (Å²) in [5.74, 6) is 1.02. The zero-order valence-corrected chi connectivity index (χ0v) is 16.8. The number of hydrogen-bond acceptors (Lipinski definition) is 6. The van der Waals surface area contributed by atoms with Gasteiger partial charge in [-0.25, -0.2) is 4.79 Å². The molecule has 1 aromatic heterocycles. The number of fused-ring (bicyclic) bond motifs is 1. The molecule has 0 saturated carbocycles. The zero-order valence-electron chi connectivity index (χ0n) is 16.8. The summed E-state index contributed by atoms with van der Waals surface area (Å²) in [6, 6.07) is 12.6. The Hall–Kier alpha value is -3.28. The van der Waals surface area contributed by atoms with Crippen LogP contribution in [0.1, 0.15) is 30.0 Å². The molecule has 1 heterocycles. The van der Waals surface area contributed by atoms with Crippen molar-refractivity contribution in [2.24, 2.45) is 0 Å². The normalized spacial score (nSPS) is 10.7. The summed E-state index contributed by atoms with van der Waals surface area (Å²) in [4.78, 5) is 23.6. The van der Waals surface area contributed by atoms with Crippen LogP contribution in [-0.2, 0) is 22.6 Å². The largest absolute Gasteiger partial charge is 0.496 e. The summed E-state index contributed by atoms with van der Waals surface area (Å²) >= 11 is 0. The van der Waals surface area contributed by atoms with Gasteiger partial charge in [0.15, 0.2) is 0 Å². The second-order valence-corrected chi connectivity index (χ2v) is 6.61. The van der Waals surface area contributed by atoms with Gasteiger partial charge in [-0.1, -0.05) is 18.2 Å². The number of carbonyl (C=O) groups is 1. The van der Waals surface area contributed by atoms with Crippen molar-refractivity contribution >= 4 is 16.9 Å². The fourth-order valence-corrected chi connectivity index (χ4v) is 3.17. The molecule has 0 radical (unpaired) electrons. The van der Waals surface area contributed by atoms with Gasteiger partial charge in [0.1, 0.15) is 23.7 Å². The van der Waals surface area contributed by atoms with E-state index in [1.807, 2.05) is 37.3 Å². The Bertz CT molecular complexity index is 1070. The van der Waals surface area contributed by atoms with E-state index >= 15 is 0 Å². The molecule has 0 amide bonds. The zero-order chi connectivity index (χ0) is 20.8. The summed E-state index contributed by atoms with van der Waals surface area (Å²) in [6.07, 6.45) is 0.689. The van der Waals surface area contributed by atoms with Gasteiger partial charge in [-0.3, -0.25) is 4.79 Å². The fourth-order valence-electron chi connectivity index (χ4n) is 3.17. The van der Waals surface area contributed by atoms with Gasteiger partial charge in [-0.15, -0.1) is 0 Å². The van der Waals surface area contributed by atoms with Crippen LogP contribution in [0.2, 0.25) is 0 Å². The summed E-state index contributed by atoms with van der Waals surface area (Å²) < 4.78 is 21.8. The Morgan fingerprint density at radius 2 is 1.86 bits per heavy atom. The van der Waals surface area contributed by atoms with Crippen LogP contribution in [0, 0.1) is 6.92 Å². The molecule has 3 rings (SSSR count). The van der Waals surface area contributed by atoms with Crippen molar-refractivity contribution in [1.82, 2.24) is 0 Å². The van der Waals surface area contributed by atoms with Gasteiger partial charge in [-0.05, 0) is 43.5 Å². The number of benzene rings is 2. The molecule has 0 aliphatic heterocycles. The molecule has 0 saturated heterocycles. The minimum Gasteiger partial charge on any atom is -0.496 e. The van der Waals surface area contributed by atoms with Gasteiger partial charge in [0.2, 0.25) is 0 Å². The van der Waals surface area contributed by atoms with Crippen LogP contribution in [0.3, 0.4) is 0 Å². The number of para-hydroxylation sites is 1. The molecule has 0 atom stereocenters. The van der Waals surface area contributed by atoms with E-state index in [0.29, 0.717) is 24.4 Å². The molecule has 6 nitrogen and oxygen atoms in total. The van der Waals surface area contributed by atoms with Gasteiger partial charge in [0.05, 0.1) is 13.7 Å². The van der Waals surface area contributed by atoms with E-state index in [1.165, 1.54) is 6.07 Å². The highest BCUT2D eigenvalue weighted by Crippen LogP contribution is 2.30. The molecule has 0 aliphatic rings. The van der Waals surface area contributed by atoms with E-state index in [-0.39, 0.29) is 19.0 Å². The lowest BCUT2D eigenvalue weighted by Crippen LogP contribution is -2.07. The molecule has 0 N–H and O–H groups in total. The van der Waals surface area contributed by atoms with Crippen molar-refractivity contribution in [3.63, 3.8) is 0 Å². The lowest BCUT2D eigenvalue weighted by Gasteiger charge is -2.15. The average molecular weight is 396 g/mol. The SMILES string of the molecule is CCOC(=O)CCc1cc2c(C)cc(=O)oc2cc1OCc1ccccc1OC. The van der Waals surface area contributed by atoms with Crippen molar-refractivity contribution in [3.05, 3.63) is 69.6 Å². The predicted molar refractivity (Wildman–Crippen MR) is 110 cm³/mol. The maximum Gasteiger partial charge on any atom is 0.336 e. The highest BCUT2D eigenvalue weighted by molar-refractivity contribution is 5.83. The maximum absolute atomic E-state index is 11.8. The van der Waals surface area contributed by atoms with E-state index in [1.54, 1.807) is 20.1 Å². The van der Waals surface area contributed by atoms with E-state index in [2.05, 4.69) is 0 Å². The van der Waals surface area contributed by atoms with Crippen LogP contribution in [0.15, 0.2) is 51.7 Å². The number of aryl methyl sites for hydroxylation is 2. The van der Waals surface area contributed by atoms with Crippen molar-refractivity contribution in [3.8, 4) is 11.5 Å². The molecule has 29 heavy (non-hydrogen) atoms. The lowest BCUT2D eigenvalue weighted by atomic mass is 10.0. The molecule has 0 spiro atoms. The molecular formula is C23H24O6. The Labute approximate surface area is 169 Å². The standard InChI is InChI=1S/C23H24O6/c1-4-27-22(24)10-9-16-12-18-15(2)11-23(25)29-21(18)13-20(16)28-14-17-7-5-6-8-19(17)26-3/h5-8,11-13H,4,9-10,14H2,1-3H3. The molecule has 0 aliphatic carbocycles. The van der Waals surface area contributed by atoms with Crippen molar-refractivity contribution in [2.45, 2.75) is 33.3 Å². The van der Waals surface area contributed by atoms with Crippen molar-refractivity contribution < 1.29 is 23.4 Å². The number of methoxy groups -OCH3 is 1. The Morgan fingerprint density at radius 1 is 1.07 bits per heavy atom. The van der Waals surface area contributed by atoms with Gasteiger partial charge in [0, 0.05) is 29.5 Å². The third-order valence-electron chi connectivity index (χ3n) is 4.61. The molecular weight excluding hydrogens is 372 g/mol. The number of ether oxygens (including phenoxy) is 3. The van der Waals surface area contributed by atoms with E-state index in [4.69, 9.17) is 18.6 Å². The molecule has 2 aromatic carbocycles. The fraction of sp³-hybridized carbons (Fsp3) is 0.304. The summed E-state index contributed by atoms with van der Waals surface area (Å²) in [6.45, 7) is 4.25. The second kappa shape index (κ2) is 9.28. The number of rotatable bonds is 8. The first-order chi connectivity index (χ1) is 14.0. The predicted octanol–water partition coefficient (Wildman–Crippen LogP) is 4.18. The van der Waals surface area contributed by atoms with Crippen LogP contribution < -0.4 is 15.1 Å². The summed E-state index contributed by atoms with van der Waals surface area (Å²) in [5, 5.41) is 0.813. The molecule has 0 unspecified atom stereocenters. The topological polar surface area (TPSA) is 75.0 Å². The first-order valence-corrected chi connectivity index (χ1v) is 9.49. The first-order valence-electron chi connectivity index (χ1n) is 9.49. The third-order valence-corrected chi connectivity index (χ3v) is 4.61. The Morgan fingerprint density at radius 3 is 2.62 bits per heavy atom. The highest BCUT2D eigenvalue weighted by atomic mass is 16.5. The van der Waals surface area contributed by atoms with Crippen molar-refractivity contribution in [1.29, 1.82) is 0 Å². The number of hydrogen-bond donors (Lipinski definition) is 0. The lowest BCUT2D eigenvalue weighted by molar-refractivity contribution is -0.143. The second-order valence-electron chi connectivity index (χ2n) is 6.61.